The molecular formula is C14H9BrClN3O3S. The Kier molecular flexibility index (Phi) is 5.04. The third-order valence-corrected chi connectivity index (χ3v) is 4.63. The van der Waals surface area contributed by atoms with Gasteiger partial charge in [-0.05, 0) is 52.0 Å². The van der Waals surface area contributed by atoms with Gasteiger partial charge >= 0.3 is 0 Å². The van der Waals surface area contributed by atoms with E-state index >= 15 is 0 Å². The predicted octanol–water partition coefficient (Wildman–Crippen LogP) is 4.36. The molecule has 3 aromatic rings. The lowest BCUT2D eigenvalue weighted by Crippen LogP contribution is -1.97. The molecule has 3 rings (SSSR count). The lowest BCUT2D eigenvalue weighted by Gasteiger charge is -2.02. The lowest BCUT2D eigenvalue weighted by atomic mass is 10.3. The highest BCUT2D eigenvalue weighted by atomic mass is 79.9. The maximum atomic E-state index is 10.7. The number of H-pyrrole nitrogens is 1. The molecule has 0 radical (unpaired) electrons. The summed E-state index contributed by atoms with van der Waals surface area (Å²) in [6.45, 7) is 0.244. The molecule has 6 nitrogen and oxygen atoms in total. The van der Waals surface area contributed by atoms with E-state index < -0.39 is 0 Å². The Balaban J connectivity index is 1.62. The number of aldehydes is 1. The minimum Gasteiger partial charge on any atom is -0.486 e. The Hall–Kier alpha value is -1.77. The number of furan rings is 1. The molecule has 0 amide bonds. The molecule has 9 heteroatoms. The summed E-state index contributed by atoms with van der Waals surface area (Å²) in [5.74, 6) is 1.49. The second-order valence-electron chi connectivity index (χ2n) is 4.31. The Morgan fingerprint density at radius 2 is 2.17 bits per heavy atom. The van der Waals surface area contributed by atoms with Crippen LogP contribution >= 0.6 is 39.3 Å². The fourth-order valence-electron chi connectivity index (χ4n) is 1.65. The molecule has 1 N–H and O–H groups in total. The van der Waals surface area contributed by atoms with Crippen LogP contribution in [0.5, 0.6) is 5.75 Å². The van der Waals surface area contributed by atoms with Crippen molar-refractivity contribution in [1.82, 2.24) is 15.2 Å². The monoisotopic (exact) mass is 413 g/mol. The third kappa shape index (κ3) is 4.15. The Bertz CT molecular complexity index is 819. The molecular weight excluding hydrogens is 406 g/mol. The molecule has 0 aliphatic rings. The van der Waals surface area contributed by atoms with E-state index in [9.17, 15) is 4.79 Å². The highest BCUT2D eigenvalue weighted by Crippen LogP contribution is 2.33. The number of carbonyl (C=O) groups is 1. The topological polar surface area (TPSA) is 81.0 Å². The molecule has 0 bridgehead atoms. The first-order valence-corrected chi connectivity index (χ1v) is 8.35. The molecule has 0 aliphatic carbocycles. The maximum absolute atomic E-state index is 10.7. The zero-order valence-electron chi connectivity index (χ0n) is 11.5. The van der Waals surface area contributed by atoms with Crippen LogP contribution in [0, 0.1) is 0 Å². The molecule has 23 heavy (non-hydrogen) atoms. The number of nitrogens with zero attached hydrogens (tertiary/aromatic N) is 2. The average molecular weight is 415 g/mol. The van der Waals surface area contributed by atoms with Gasteiger partial charge in [0.25, 0.3) is 0 Å². The largest absolute Gasteiger partial charge is 0.486 e. The number of halogens is 2. The Labute approximate surface area is 148 Å². The second-order valence-corrected chi connectivity index (χ2v) is 6.54. The molecule has 0 atom stereocenters. The highest BCUT2D eigenvalue weighted by Gasteiger charge is 2.13. The summed E-state index contributed by atoms with van der Waals surface area (Å²) in [7, 11) is 0. The van der Waals surface area contributed by atoms with Crippen LogP contribution < -0.4 is 4.74 Å². The normalized spacial score (nSPS) is 10.7. The van der Waals surface area contributed by atoms with Crippen LogP contribution in [0.1, 0.15) is 16.4 Å². The van der Waals surface area contributed by atoms with Crippen LogP contribution in [0.25, 0.3) is 0 Å². The third-order valence-electron chi connectivity index (χ3n) is 2.68. The van der Waals surface area contributed by atoms with Crippen LogP contribution in [0.15, 0.2) is 49.5 Å². The molecule has 0 saturated carbocycles. The van der Waals surface area contributed by atoms with E-state index in [2.05, 4.69) is 31.1 Å². The maximum Gasteiger partial charge on any atom is 0.216 e. The van der Waals surface area contributed by atoms with E-state index in [1.807, 2.05) is 0 Å². The first-order chi connectivity index (χ1) is 11.1. The van der Waals surface area contributed by atoms with Crippen LogP contribution in [0.2, 0.25) is 5.02 Å². The smallest absolute Gasteiger partial charge is 0.216 e. The molecule has 0 fully saturated rings. The van der Waals surface area contributed by atoms with Crippen molar-refractivity contribution in [2.75, 3.05) is 0 Å². The van der Waals surface area contributed by atoms with Crippen molar-refractivity contribution in [3.8, 4) is 5.75 Å². The summed E-state index contributed by atoms with van der Waals surface area (Å²) in [5.41, 5.74) is 0. The summed E-state index contributed by atoms with van der Waals surface area (Å²) >= 11 is 10.3. The number of benzene rings is 1. The summed E-state index contributed by atoms with van der Waals surface area (Å²) in [6.07, 6.45) is 0.637. The van der Waals surface area contributed by atoms with E-state index in [0.29, 0.717) is 37.6 Å². The second kappa shape index (κ2) is 7.20. The Morgan fingerprint density at radius 3 is 2.87 bits per heavy atom. The molecule has 2 aromatic heterocycles. The number of ether oxygens (including phenoxy) is 1. The molecule has 2 heterocycles. The lowest BCUT2D eigenvalue weighted by molar-refractivity contribution is 0.109. The van der Waals surface area contributed by atoms with E-state index in [0.717, 1.165) is 0 Å². The number of aromatic amines is 1. The summed E-state index contributed by atoms with van der Waals surface area (Å²) < 4.78 is 11.6. The SMILES string of the molecule is O=Cc1cc(Br)c(Sc2n[nH]c(COc3ccc(Cl)cc3)n2)o1. The van der Waals surface area contributed by atoms with Gasteiger partial charge in [-0.1, -0.05) is 11.6 Å². The fraction of sp³-hybridized carbons (Fsp3) is 0.0714. The molecule has 1 aromatic carbocycles. The van der Waals surface area contributed by atoms with E-state index in [1.54, 1.807) is 30.3 Å². The van der Waals surface area contributed by atoms with Crippen molar-refractivity contribution in [2.45, 2.75) is 16.9 Å². The van der Waals surface area contributed by atoms with Crippen molar-refractivity contribution in [3.63, 3.8) is 0 Å². The van der Waals surface area contributed by atoms with Crippen LogP contribution in [0.4, 0.5) is 0 Å². The van der Waals surface area contributed by atoms with Crippen LogP contribution in [0.3, 0.4) is 0 Å². The van der Waals surface area contributed by atoms with Gasteiger partial charge in [0, 0.05) is 11.1 Å². The van der Waals surface area contributed by atoms with Gasteiger partial charge in [0.1, 0.15) is 12.4 Å². The van der Waals surface area contributed by atoms with Gasteiger partial charge in [0.05, 0.1) is 4.47 Å². The van der Waals surface area contributed by atoms with E-state index in [4.69, 9.17) is 20.8 Å². The molecule has 118 valence electrons. The standard InChI is InChI=1S/C14H9BrClN3O3S/c15-11-5-10(6-20)22-13(11)23-14-17-12(18-19-14)7-21-9-3-1-8(16)2-4-9/h1-6H,7H2,(H,17,18,19). The van der Waals surface area contributed by atoms with Crippen LogP contribution in [-0.4, -0.2) is 21.5 Å². The van der Waals surface area contributed by atoms with Gasteiger partial charge in [0.15, 0.2) is 23.0 Å². The van der Waals surface area contributed by atoms with Crippen molar-refractivity contribution in [3.05, 3.63) is 51.4 Å². The number of carbonyl (C=O) groups excluding carboxylic acids is 1. The summed E-state index contributed by atoms with van der Waals surface area (Å²) in [6, 6.07) is 8.63. The van der Waals surface area contributed by atoms with Gasteiger partial charge in [-0.2, -0.15) is 0 Å². The molecule has 0 unspecified atom stereocenters. The van der Waals surface area contributed by atoms with Gasteiger partial charge in [-0.15, -0.1) is 5.10 Å². The quantitative estimate of drug-likeness (QED) is 0.604. The number of hydrogen-bond donors (Lipinski definition) is 1. The summed E-state index contributed by atoms with van der Waals surface area (Å²) in [5, 5.41) is 8.48. The van der Waals surface area contributed by atoms with Crippen molar-refractivity contribution < 1.29 is 13.9 Å². The average Bonchev–Trinajstić information content (AvgIpc) is 3.14. The first-order valence-electron chi connectivity index (χ1n) is 6.36. The van der Waals surface area contributed by atoms with Gasteiger partial charge in [0.2, 0.25) is 5.16 Å². The number of aromatic nitrogens is 3. The Morgan fingerprint density at radius 1 is 1.39 bits per heavy atom. The zero-order chi connectivity index (χ0) is 16.2. The predicted molar refractivity (Wildman–Crippen MR) is 88.1 cm³/mol. The highest BCUT2D eigenvalue weighted by molar-refractivity contribution is 9.10. The molecule has 0 saturated heterocycles. The van der Waals surface area contributed by atoms with Gasteiger partial charge < -0.3 is 9.15 Å². The minimum atomic E-state index is 0.237. The minimum absolute atomic E-state index is 0.237. The number of hydrogen-bond acceptors (Lipinski definition) is 6. The van der Waals surface area contributed by atoms with E-state index in [-0.39, 0.29) is 12.4 Å². The summed E-state index contributed by atoms with van der Waals surface area (Å²) in [4.78, 5) is 15.0. The van der Waals surface area contributed by atoms with Crippen molar-refractivity contribution in [2.24, 2.45) is 0 Å². The van der Waals surface area contributed by atoms with Crippen molar-refractivity contribution >= 4 is 45.6 Å². The van der Waals surface area contributed by atoms with Crippen LogP contribution in [-0.2, 0) is 6.61 Å². The van der Waals surface area contributed by atoms with Gasteiger partial charge in [-0.25, -0.2) is 4.98 Å². The van der Waals surface area contributed by atoms with Crippen molar-refractivity contribution in [1.29, 1.82) is 0 Å². The molecule has 0 spiro atoms. The molecule has 0 aliphatic heterocycles. The number of nitrogens with one attached hydrogen (secondary N) is 1. The number of rotatable bonds is 6. The van der Waals surface area contributed by atoms with Gasteiger partial charge in [-0.3, -0.25) is 9.89 Å². The fourth-order valence-corrected chi connectivity index (χ4v) is 3.03. The first kappa shape index (κ1) is 16.1. The van der Waals surface area contributed by atoms with E-state index in [1.165, 1.54) is 11.8 Å². The zero-order valence-corrected chi connectivity index (χ0v) is 14.6.